The molecule has 0 aliphatic carbocycles. The molecule has 1 rings (SSSR count). The van der Waals surface area contributed by atoms with Gasteiger partial charge in [0.1, 0.15) is 0 Å². The predicted octanol–water partition coefficient (Wildman–Crippen LogP) is 2.55. The van der Waals surface area contributed by atoms with E-state index < -0.39 is 0 Å². The Morgan fingerprint density at radius 1 is 1.54 bits per heavy atom. The average molecular weight is 199 g/mol. The Hall–Kier alpha value is -0.410. The Kier molecular flexibility index (Phi) is 4.39. The summed E-state index contributed by atoms with van der Waals surface area (Å²) in [5.74, 6) is 0. The standard InChI is InChI=1S/C10H17NOS/c1-3-4-10(12)6-5-9-7-13-8(2)11-9/h7,10,12H,3-6H2,1-2H3. The van der Waals surface area contributed by atoms with Crippen LogP contribution < -0.4 is 0 Å². The van der Waals surface area contributed by atoms with Crippen molar-refractivity contribution in [1.29, 1.82) is 0 Å². The normalized spacial score (nSPS) is 13.2. The zero-order valence-electron chi connectivity index (χ0n) is 8.29. The summed E-state index contributed by atoms with van der Waals surface area (Å²) >= 11 is 1.68. The lowest BCUT2D eigenvalue weighted by Gasteiger charge is -2.06. The first-order valence-corrected chi connectivity index (χ1v) is 5.69. The molecule has 0 fully saturated rings. The first kappa shape index (κ1) is 10.7. The van der Waals surface area contributed by atoms with Gasteiger partial charge in [-0.2, -0.15) is 0 Å². The van der Waals surface area contributed by atoms with Crippen molar-refractivity contribution in [2.24, 2.45) is 0 Å². The van der Waals surface area contributed by atoms with Gasteiger partial charge in [0.15, 0.2) is 0 Å². The van der Waals surface area contributed by atoms with Crippen molar-refractivity contribution in [2.75, 3.05) is 0 Å². The third-order valence-electron chi connectivity index (χ3n) is 2.02. The highest BCUT2D eigenvalue weighted by Gasteiger charge is 2.04. The minimum atomic E-state index is -0.146. The summed E-state index contributed by atoms with van der Waals surface area (Å²) in [4.78, 5) is 4.35. The molecule has 0 saturated carbocycles. The number of aryl methyl sites for hydroxylation is 2. The Balaban J connectivity index is 2.26. The zero-order valence-corrected chi connectivity index (χ0v) is 9.10. The van der Waals surface area contributed by atoms with E-state index in [0.29, 0.717) is 0 Å². The van der Waals surface area contributed by atoms with Gasteiger partial charge in [-0.15, -0.1) is 11.3 Å². The summed E-state index contributed by atoms with van der Waals surface area (Å²) in [6, 6.07) is 0. The molecule has 1 N–H and O–H groups in total. The van der Waals surface area contributed by atoms with Crippen molar-refractivity contribution >= 4 is 11.3 Å². The van der Waals surface area contributed by atoms with E-state index in [1.807, 2.05) is 6.92 Å². The minimum Gasteiger partial charge on any atom is -0.393 e. The molecule has 1 aromatic heterocycles. The van der Waals surface area contributed by atoms with E-state index in [9.17, 15) is 5.11 Å². The third kappa shape index (κ3) is 3.87. The van der Waals surface area contributed by atoms with Gasteiger partial charge in [-0.05, 0) is 26.2 Å². The molecule has 0 amide bonds. The van der Waals surface area contributed by atoms with E-state index in [2.05, 4.69) is 17.3 Å². The molecule has 13 heavy (non-hydrogen) atoms. The van der Waals surface area contributed by atoms with Crippen LogP contribution in [-0.4, -0.2) is 16.2 Å². The van der Waals surface area contributed by atoms with Gasteiger partial charge in [0.05, 0.1) is 16.8 Å². The minimum absolute atomic E-state index is 0.146. The van der Waals surface area contributed by atoms with Crippen molar-refractivity contribution in [3.63, 3.8) is 0 Å². The molecule has 0 aromatic carbocycles. The molecule has 0 spiro atoms. The summed E-state index contributed by atoms with van der Waals surface area (Å²) < 4.78 is 0. The molecule has 0 radical (unpaired) electrons. The maximum Gasteiger partial charge on any atom is 0.0897 e. The molecule has 1 heterocycles. The van der Waals surface area contributed by atoms with Crippen molar-refractivity contribution in [3.05, 3.63) is 16.1 Å². The van der Waals surface area contributed by atoms with Crippen LogP contribution in [0.1, 0.15) is 36.9 Å². The molecule has 74 valence electrons. The summed E-state index contributed by atoms with van der Waals surface area (Å²) in [5, 5.41) is 12.7. The number of aliphatic hydroxyl groups is 1. The van der Waals surface area contributed by atoms with Crippen LogP contribution in [0.5, 0.6) is 0 Å². The lowest BCUT2D eigenvalue weighted by Crippen LogP contribution is -2.07. The highest BCUT2D eigenvalue weighted by Crippen LogP contribution is 2.12. The molecule has 1 unspecified atom stereocenters. The van der Waals surface area contributed by atoms with Crippen LogP contribution in [0.2, 0.25) is 0 Å². The number of hydrogen-bond acceptors (Lipinski definition) is 3. The third-order valence-corrected chi connectivity index (χ3v) is 2.84. The highest BCUT2D eigenvalue weighted by molar-refractivity contribution is 7.09. The molecule has 1 atom stereocenters. The largest absolute Gasteiger partial charge is 0.393 e. The van der Waals surface area contributed by atoms with Crippen LogP contribution in [0.4, 0.5) is 0 Å². The zero-order chi connectivity index (χ0) is 9.68. The van der Waals surface area contributed by atoms with Gasteiger partial charge in [0, 0.05) is 5.38 Å². The van der Waals surface area contributed by atoms with Crippen LogP contribution >= 0.6 is 11.3 Å². The van der Waals surface area contributed by atoms with E-state index in [0.717, 1.165) is 36.4 Å². The number of aromatic nitrogens is 1. The first-order valence-electron chi connectivity index (χ1n) is 4.81. The molecule has 0 saturated heterocycles. The fourth-order valence-electron chi connectivity index (χ4n) is 1.32. The maximum absolute atomic E-state index is 9.49. The molecule has 1 aromatic rings. The summed E-state index contributed by atoms with van der Waals surface area (Å²) in [7, 11) is 0. The van der Waals surface area contributed by atoms with E-state index in [4.69, 9.17) is 0 Å². The number of thiazole rings is 1. The second-order valence-corrected chi connectivity index (χ2v) is 4.40. The smallest absolute Gasteiger partial charge is 0.0897 e. The predicted molar refractivity (Wildman–Crippen MR) is 56.1 cm³/mol. The fourth-order valence-corrected chi connectivity index (χ4v) is 1.96. The van der Waals surface area contributed by atoms with E-state index in [1.165, 1.54) is 0 Å². The number of hydrogen-bond donors (Lipinski definition) is 1. The van der Waals surface area contributed by atoms with Crippen molar-refractivity contribution in [3.8, 4) is 0 Å². The van der Waals surface area contributed by atoms with E-state index in [-0.39, 0.29) is 6.10 Å². The van der Waals surface area contributed by atoms with Gasteiger partial charge in [-0.1, -0.05) is 13.3 Å². The monoisotopic (exact) mass is 199 g/mol. The lowest BCUT2D eigenvalue weighted by atomic mass is 10.1. The molecule has 0 bridgehead atoms. The Morgan fingerprint density at radius 2 is 2.31 bits per heavy atom. The van der Waals surface area contributed by atoms with Crippen molar-refractivity contribution in [1.82, 2.24) is 4.98 Å². The first-order chi connectivity index (χ1) is 6.22. The average Bonchev–Trinajstić information content (AvgIpc) is 2.49. The Bertz CT molecular complexity index is 247. The van der Waals surface area contributed by atoms with Gasteiger partial charge in [0.2, 0.25) is 0 Å². The topological polar surface area (TPSA) is 33.1 Å². The summed E-state index contributed by atoms with van der Waals surface area (Å²) in [5.41, 5.74) is 1.12. The van der Waals surface area contributed by atoms with Crippen LogP contribution in [0.25, 0.3) is 0 Å². The van der Waals surface area contributed by atoms with E-state index in [1.54, 1.807) is 11.3 Å². The van der Waals surface area contributed by atoms with Crippen LogP contribution in [0.15, 0.2) is 5.38 Å². The Morgan fingerprint density at radius 3 is 2.85 bits per heavy atom. The fraction of sp³-hybridized carbons (Fsp3) is 0.700. The Labute approximate surface area is 83.6 Å². The highest BCUT2D eigenvalue weighted by atomic mass is 32.1. The second-order valence-electron chi connectivity index (χ2n) is 3.34. The van der Waals surface area contributed by atoms with E-state index >= 15 is 0 Å². The van der Waals surface area contributed by atoms with Crippen molar-refractivity contribution in [2.45, 2.75) is 45.6 Å². The second kappa shape index (κ2) is 5.35. The van der Waals surface area contributed by atoms with Gasteiger partial charge >= 0.3 is 0 Å². The lowest BCUT2D eigenvalue weighted by molar-refractivity contribution is 0.153. The SMILES string of the molecule is CCCC(O)CCc1csc(C)n1. The van der Waals surface area contributed by atoms with Crippen LogP contribution in [0, 0.1) is 6.92 Å². The molecule has 2 nitrogen and oxygen atoms in total. The number of aliphatic hydroxyl groups excluding tert-OH is 1. The van der Waals surface area contributed by atoms with Gasteiger partial charge < -0.3 is 5.11 Å². The number of rotatable bonds is 5. The molecular formula is C10H17NOS. The molecule has 0 aliphatic heterocycles. The van der Waals surface area contributed by atoms with Gasteiger partial charge in [-0.25, -0.2) is 4.98 Å². The van der Waals surface area contributed by atoms with Gasteiger partial charge in [0.25, 0.3) is 0 Å². The maximum atomic E-state index is 9.49. The van der Waals surface area contributed by atoms with Crippen molar-refractivity contribution < 1.29 is 5.11 Å². The molecule has 0 aliphatic rings. The number of nitrogens with zero attached hydrogens (tertiary/aromatic N) is 1. The quantitative estimate of drug-likeness (QED) is 0.790. The summed E-state index contributed by atoms with van der Waals surface area (Å²) in [6.45, 7) is 4.10. The van der Waals surface area contributed by atoms with Crippen LogP contribution in [-0.2, 0) is 6.42 Å². The van der Waals surface area contributed by atoms with Gasteiger partial charge in [-0.3, -0.25) is 0 Å². The molecule has 3 heteroatoms. The van der Waals surface area contributed by atoms with Crippen LogP contribution in [0.3, 0.4) is 0 Å². The molecular weight excluding hydrogens is 182 g/mol. The summed E-state index contributed by atoms with van der Waals surface area (Å²) in [6.07, 6.45) is 3.56.